The molecule has 1 rings (SSSR count). The molecule has 4 heteroatoms. The smallest absolute Gasteiger partial charge is 0.236 e. The van der Waals surface area contributed by atoms with Gasteiger partial charge in [0, 0.05) is 16.7 Å². The number of hydrogen-bond acceptors (Lipinski definition) is 2. The summed E-state index contributed by atoms with van der Waals surface area (Å²) in [5.74, 6) is 0.546. The molecule has 0 heterocycles. The van der Waals surface area contributed by atoms with Crippen molar-refractivity contribution in [3.8, 4) is 0 Å². The van der Waals surface area contributed by atoms with E-state index >= 15 is 0 Å². The summed E-state index contributed by atoms with van der Waals surface area (Å²) < 4.78 is 1.22. The van der Waals surface area contributed by atoms with E-state index in [1.165, 1.54) is 9.13 Å². The molecule has 19 heavy (non-hydrogen) atoms. The summed E-state index contributed by atoms with van der Waals surface area (Å²) in [6.45, 7) is 6.36. The van der Waals surface area contributed by atoms with Crippen molar-refractivity contribution in [1.29, 1.82) is 0 Å². The van der Waals surface area contributed by atoms with E-state index in [-0.39, 0.29) is 18.0 Å². The van der Waals surface area contributed by atoms with Crippen molar-refractivity contribution in [1.82, 2.24) is 10.6 Å². The Morgan fingerprint density at radius 3 is 2.26 bits per heavy atom. The number of benzene rings is 1. The summed E-state index contributed by atoms with van der Waals surface area (Å²) in [4.78, 5) is 11.9. The van der Waals surface area contributed by atoms with Crippen molar-refractivity contribution in [3.63, 3.8) is 0 Å². The summed E-state index contributed by atoms with van der Waals surface area (Å²) in [6, 6.07) is 8.42. The topological polar surface area (TPSA) is 41.1 Å². The van der Waals surface area contributed by atoms with E-state index < -0.39 is 0 Å². The molecule has 0 saturated carbocycles. The molecule has 0 spiro atoms. The molecule has 1 aromatic carbocycles. The maximum Gasteiger partial charge on any atom is 0.236 e. The molecule has 0 aromatic heterocycles. The predicted molar refractivity (Wildman–Crippen MR) is 88.0 cm³/mol. The Morgan fingerprint density at radius 1 is 1.21 bits per heavy atom. The molecule has 0 bridgehead atoms. The Hall–Kier alpha value is -0.620. The maximum atomic E-state index is 11.9. The van der Waals surface area contributed by atoms with Crippen molar-refractivity contribution >= 4 is 28.5 Å². The predicted octanol–water partition coefficient (Wildman–Crippen LogP) is 3.10. The second-order valence-electron chi connectivity index (χ2n) is 5.24. The van der Waals surface area contributed by atoms with Gasteiger partial charge in [-0.1, -0.05) is 26.0 Å². The minimum Gasteiger partial charge on any atom is -0.358 e. The van der Waals surface area contributed by atoms with Gasteiger partial charge in [0.1, 0.15) is 0 Å². The normalized spacial score (nSPS) is 14.2. The zero-order chi connectivity index (χ0) is 14.4. The average Bonchev–Trinajstić information content (AvgIpc) is 2.37. The largest absolute Gasteiger partial charge is 0.358 e. The number of amides is 1. The van der Waals surface area contributed by atoms with E-state index in [1.807, 2.05) is 0 Å². The monoisotopic (exact) mass is 374 g/mol. The molecule has 0 aliphatic rings. The first kappa shape index (κ1) is 16.4. The zero-order valence-corrected chi connectivity index (χ0v) is 14.2. The Balaban J connectivity index is 2.72. The number of hydrogen-bond donors (Lipinski definition) is 2. The fraction of sp³-hybridized carbons (Fsp3) is 0.533. The molecule has 0 fully saturated rings. The van der Waals surface area contributed by atoms with Gasteiger partial charge in [0.15, 0.2) is 0 Å². The molecule has 0 saturated heterocycles. The van der Waals surface area contributed by atoms with Crippen LogP contribution >= 0.6 is 22.6 Å². The summed E-state index contributed by atoms with van der Waals surface area (Å²) in [7, 11) is 1.69. The van der Waals surface area contributed by atoms with Crippen LogP contribution in [0.1, 0.15) is 38.8 Å². The molecule has 2 unspecified atom stereocenters. The lowest BCUT2D eigenvalue weighted by Gasteiger charge is -2.24. The highest BCUT2D eigenvalue weighted by Gasteiger charge is 2.20. The molecule has 0 aliphatic heterocycles. The van der Waals surface area contributed by atoms with Crippen LogP contribution in [0.4, 0.5) is 0 Å². The molecule has 106 valence electrons. The van der Waals surface area contributed by atoms with Crippen LogP contribution in [0.3, 0.4) is 0 Å². The van der Waals surface area contributed by atoms with Crippen LogP contribution in [-0.4, -0.2) is 19.0 Å². The van der Waals surface area contributed by atoms with Crippen molar-refractivity contribution < 1.29 is 4.79 Å². The number of halogens is 1. The zero-order valence-electron chi connectivity index (χ0n) is 12.0. The lowest BCUT2D eigenvalue weighted by atomic mass is 10.0. The van der Waals surface area contributed by atoms with Gasteiger partial charge in [-0.2, -0.15) is 0 Å². The molecule has 3 nitrogen and oxygen atoms in total. The van der Waals surface area contributed by atoms with E-state index in [1.54, 1.807) is 7.05 Å². The van der Waals surface area contributed by atoms with Gasteiger partial charge in [-0.15, -0.1) is 0 Å². The molecule has 0 aliphatic carbocycles. The first-order chi connectivity index (χ1) is 8.93. The molecule has 2 atom stereocenters. The molecular weight excluding hydrogens is 351 g/mol. The van der Waals surface area contributed by atoms with Crippen LogP contribution in [0.5, 0.6) is 0 Å². The number of rotatable bonds is 6. The third-order valence-corrected chi connectivity index (χ3v) is 3.81. The van der Waals surface area contributed by atoms with Gasteiger partial charge in [-0.25, -0.2) is 0 Å². The summed E-state index contributed by atoms with van der Waals surface area (Å²) >= 11 is 2.29. The maximum absolute atomic E-state index is 11.9. The first-order valence-electron chi connectivity index (χ1n) is 6.67. The van der Waals surface area contributed by atoms with Gasteiger partial charge >= 0.3 is 0 Å². The SMILES string of the molecule is CNC(=O)C(CC(C)C)NC(C)c1ccc(I)cc1. The van der Waals surface area contributed by atoms with Gasteiger partial charge < -0.3 is 5.32 Å². The molecular formula is C15H23IN2O. The minimum absolute atomic E-state index is 0.0612. The van der Waals surface area contributed by atoms with Crippen molar-refractivity contribution in [2.24, 2.45) is 5.92 Å². The minimum atomic E-state index is -0.140. The third kappa shape index (κ3) is 5.48. The van der Waals surface area contributed by atoms with Crippen molar-refractivity contribution in [3.05, 3.63) is 33.4 Å². The number of likely N-dealkylation sites (N-methyl/N-ethyl adjacent to an activating group) is 1. The van der Waals surface area contributed by atoms with Crippen LogP contribution < -0.4 is 10.6 Å². The van der Waals surface area contributed by atoms with E-state index in [9.17, 15) is 4.79 Å². The van der Waals surface area contributed by atoms with Gasteiger partial charge in [0.25, 0.3) is 0 Å². The van der Waals surface area contributed by atoms with Gasteiger partial charge in [-0.05, 0) is 59.5 Å². The summed E-state index contributed by atoms with van der Waals surface area (Å²) in [5, 5.41) is 6.15. The fourth-order valence-electron chi connectivity index (χ4n) is 2.05. The van der Waals surface area contributed by atoms with Crippen LogP contribution in [0, 0.1) is 9.49 Å². The van der Waals surface area contributed by atoms with Crippen LogP contribution in [0.25, 0.3) is 0 Å². The number of carbonyl (C=O) groups is 1. The lowest BCUT2D eigenvalue weighted by molar-refractivity contribution is -0.123. The van der Waals surface area contributed by atoms with Gasteiger partial charge in [-0.3, -0.25) is 10.1 Å². The van der Waals surface area contributed by atoms with E-state index in [0.717, 1.165) is 6.42 Å². The summed E-state index contributed by atoms with van der Waals surface area (Å²) in [6.07, 6.45) is 0.842. The fourth-order valence-corrected chi connectivity index (χ4v) is 2.41. The molecule has 2 N–H and O–H groups in total. The van der Waals surface area contributed by atoms with Crippen molar-refractivity contribution in [2.75, 3.05) is 7.05 Å². The highest BCUT2D eigenvalue weighted by molar-refractivity contribution is 14.1. The van der Waals surface area contributed by atoms with Gasteiger partial charge in [0.2, 0.25) is 5.91 Å². The Morgan fingerprint density at radius 2 is 1.79 bits per heavy atom. The highest BCUT2D eigenvalue weighted by atomic mass is 127. The van der Waals surface area contributed by atoms with E-state index in [2.05, 4.69) is 78.3 Å². The third-order valence-electron chi connectivity index (χ3n) is 3.09. The van der Waals surface area contributed by atoms with E-state index in [4.69, 9.17) is 0 Å². The van der Waals surface area contributed by atoms with Crippen molar-refractivity contribution in [2.45, 2.75) is 39.3 Å². The van der Waals surface area contributed by atoms with Gasteiger partial charge in [0.05, 0.1) is 6.04 Å². The molecule has 0 radical (unpaired) electrons. The molecule has 1 amide bonds. The second-order valence-corrected chi connectivity index (χ2v) is 6.48. The van der Waals surface area contributed by atoms with Crippen LogP contribution in [-0.2, 0) is 4.79 Å². The quantitative estimate of drug-likeness (QED) is 0.752. The number of carbonyl (C=O) groups excluding carboxylic acids is 1. The Labute approximate surface area is 129 Å². The first-order valence-corrected chi connectivity index (χ1v) is 7.75. The van der Waals surface area contributed by atoms with Crippen LogP contribution in [0.15, 0.2) is 24.3 Å². The Bertz CT molecular complexity index is 403. The molecule has 1 aromatic rings. The van der Waals surface area contributed by atoms with Crippen LogP contribution in [0.2, 0.25) is 0 Å². The number of nitrogens with one attached hydrogen (secondary N) is 2. The highest BCUT2D eigenvalue weighted by Crippen LogP contribution is 2.17. The standard InChI is InChI=1S/C15H23IN2O/c1-10(2)9-14(15(19)17-4)18-11(3)12-5-7-13(16)8-6-12/h5-8,10-11,14,18H,9H2,1-4H3,(H,17,19). The Kier molecular flexibility index (Phi) is 6.79. The second kappa shape index (κ2) is 7.85. The lowest BCUT2D eigenvalue weighted by Crippen LogP contribution is -2.44. The average molecular weight is 374 g/mol. The van der Waals surface area contributed by atoms with E-state index in [0.29, 0.717) is 5.92 Å². The summed E-state index contributed by atoms with van der Waals surface area (Å²) in [5.41, 5.74) is 1.21.